The Kier molecular flexibility index (Phi) is 4.61. The van der Waals surface area contributed by atoms with Crippen LogP contribution < -0.4 is 0 Å². The van der Waals surface area contributed by atoms with E-state index in [0.717, 1.165) is 5.56 Å². The van der Waals surface area contributed by atoms with Gasteiger partial charge in [0, 0.05) is 0 Å². The molecule has 1 aromatic rings. The van der Waals surface area contributed by atoms with Gasteiger partial charge in [-0.2, -0.15) is 0 Å². The predicted molar refractivity (Wildman–Crippen MR) is 67.1 cm³/mol. The van der Waals surface area contributed by atoms with E-state index in [-0.39, 0.29) is 0 Å². The van der Waals surface area contributed by atoms with Gasteiger partial charge >= 0.3 is 0 Å². The first-order chi connectivity index (χ1) is 7.17. The van der Waals surface area contributed by atoms with E-state index in [0.29, 0.717) is 5.92 Å². The van der Waals surface area contributed by atoms with Crippen molar-refractivity contribution in [1.29, 1.82) is 0 Å². The van der Waals surface area contributed by atoms with E-state index in [4.69, 9.17) is 0 Å². The SMILES string of the molecule is C=[C]c1cc(CCCC)cc(C(C)C)c1. The Hall–Kier alpha value is -1.04. The smallest absolute Gasteiger partial charge is 0.0178 e. The number of benzene rings is 1. The highest BCUT2D eigenvalue weighted by Crippen LogP contribution is 2.19. The number of hydrogen-bond donors (Lipinski definition) is 0. The molecule has 0 saturated carbocycles. The van der Waals surface area contributed by atoms with Crippen LogP contribution in [0.5, 0.6) is 0 Å². The van der Waals surface area contributed by atoms with Crippen molar-refractivity contribution in [2.24, 2.45) is 0 Å². The first-order valence-corrected chi connectivity index (χ1v) is 5.84. The van der Waals surface area contributed by atoms with Crippen molar-refractivity contribution in [3.8, 4) is 0 Å². The lowest BCUT2D eigenvalue weighted by molar-refractivity contribution is 0.789. The van der Waals surface area contributed by atoms with Crippen LogP contribution in [0.3, 0.4) is 0 Å². The van der Waals surface area contributed by atoms with E-state index in [2.05, 4.69) is 51.6 Å². The van der Waals surface area contributed by atoms with Gasteiger partial charge in [0.15, 0.2) is 0 Å². The molecule has 0 fully saturated rings. The summed E-state index contributed by atoms with van der Waals surface area (Å²) >= 11 is 0. The summed E-state index contributed by atoms with van der Waals surface area (Å²) in [6.07, 6.45) is 6.67. The molecule has 81 valence electrons. The van der Waals surface area contributed by atoms with Gasteiger partial charge < -0.3 is 0 Å². The van der Waals surface area contributed by atoms with Crippen molar-refractivity contribution in [2.75, 3.05) is 0 Å². The van der Waals surface area contributed by atoms with Crippen LogP contribution in [0.25, 0.3) is 0 Å². The van der Waals surface area contributed by atoms with Crippen LogP contribution in [-0.4, -0.2) is 0 Å². The van der Waals surface area contributed by atoms with Crippen molar-refractivity contribution in [3.05, 3.63) is 47.5 Å². The van der Waals surface area contributed by atoms with Crippen LogP contribution >= 0.6 is 0 Å². The largest absolute Gasteiger partial charge is 0.0906 e. The summed E-state index contributed by atoms with van der Waals surface area (Å²) in [5, 5.41) is 0. The summed E-state index contributed by atoms with van der Waals surface area (Å²) < 4.78 is 0. The Morgan fingerprint density at radius 2 is 2.00 bits per heavy atom. The summed E-state index contributed by atoms with van der Waals surface area (Å²) in [7, 11) is 0. The minimum absolute atomic E-state index is 0.582. The average Bonchev–Trinajstić information content (AvgIpc) is 2.25. The second kappa shape index (κ2) is 5.75. The van der Waals surface area contributed by atoms with Gasteiger partial charge in [-0.15, -0.1) is 0 Å². The molecule has 0 spiro atoms. The van der Waals surface area contributed by atoms with Crippen molar-refractivity contribution in [1.82, 2.24) is 0 Å². The fourth-order valence-corrected chi connectivity index (χ4v) is 1.68. The molecule has 0 atom stereocenters. The molecule has 0 nitrogen and oxygen atoms in total. The number of unbranched alkanes of at least 4 members (excludes halogenated alkanes) is 1. The minimum atomic E-state index is 0.582. The monoisotopic (exact) mass is 201 g/mol. The molecule has 1 aromatic carbocycles. The lowest BCUT2D eigenvalue weighted by Crippen LogP contribution is -1.93. The maximum Gasteiger partial charge on any atom is -0.0178 e. The zero-order valence-corrected chi connectivity index (χ0v) is 10.1. The van der Waals surface area contributed by atoms with E-state index in [1.54, 1.807) is 0 Å². The van der Waals surface area contributed by atoms with Crippen molar-refractivity contribution < 1.29 is 0 Å². The summed E-state index contributed by atoms with van der Waals surface area (Å²) in [4.78, 5) is 0. The third-order valence-corrected chi connectivity index (χ3v) is 2.70. The predicted octanol–water partition coefficient (Wildman–Crippen LogP) is 4.49. The zero-order chi connectivity index (χ0) is 11.3. The molecule has 0 bridgehead atoms. The molecule has 0 saturated heterocycles. The van der Waals surface area contributed by atoms with Gasteiger partial charge in [0.05, 0.1) is 0 Å². The lowest BCUT2D eigenvalue weighted by atomic mass is 9.96. The Labute approximate surface area is 94.0 Å². The van der Waals surface area contributed by atoms with Crippen LogP contribution in [-0.2, 0) is 6.42 Å². The number of hydrogen-bond acceptors (Lipinski definition) is 0. The molecule has 0 aliphatic rings. The Balaban J connectivity index is 2.95. The zero-order valence-electron chi connectivity index (χ0n) is 10.1. The lowest BCUT2D eigenvalue weighted by Gasteiger charge is -2.10. The molecule has 0 aliphatic carbocycles. The Morgan fingerprint density at radius 3 is 2.53 bits per heavy atom. The number of aryl methyl sites for hydroxylation is 1. The third-order valence-electron chi connectivity index (χ3n) is 2.70. The summed E-state index contributed by atoms with van der Waals surface area (Å²) in [6, 6.07) is 6.71. The molecule has 0 N–H and O–H groups in total. The van der Waals surface area contributed by atoms with Crippen LogP contribution in [0, 0.1) is 6.08 Å². The molecule has 15 heavy (non-hydrogen) atoms. The highest BCUT2D eigenvalue weighted by atomic mass is 14.1. The normalized spacial score (nSPS) is 10.7. The fraction of sp³-hybridized carbons (Fsp3) is 0.467. The first kappa shape index (κ1) is 12.0. The molecular formula is C15H21. The fourth-order valence-electron chi connectivity index (χ4n) is 1.68. The van der Waals surface area contributed by atoms with Gasteiger partial charge in [-0.3, -0.25) is 0 Å². The highest BCUT2D eigenvalue weighted by Gasteiger charge is 2.03. The topological polar surface area (TPSA) is 0 Å². The van der Waals surface area contributed by atoms with Crippen LogP contribution in [0.2, 0.25) is 0 Å². The quantitative estimate of drug-likeness (QED) is 0.658. The van der Waals surface area contributed by atoms with Gasteiger partial charge in [-0.1, -0.05) is 52.0 Å². The second-order valence-electron chi connectivity index (χ2n) is 4.40. The van der Waals surface area contributed by atoms with Gasteiger partial charge in [-0.05, 0) is 41.5 Å². The van der Waals surface area contributed by atoms with Crippen molar-refractivity contribution in [3.63, 3.8) is 0 Å². The summed E-state index contributed by atoms with van der Waals surface area (Å²) in [6.45, 7) is 10.4. The molecule has 0 heterocycles. The average molecular weight is 201 g/mol. The minimum Gasteiger partial charge on any atom is -0.0906 e. The molecule has 0 heteroatoms. The van der Waals surface area contributed by atoms with E-state index >= 15 is 0 Å². The molecule has 0 amide bonds. The highest BCUT2D eigenvalue weighted by molar-refractivity contribution is 5.34. The summed E-state index contributed by atoms with van der Waals surface area (Å²) in [5.41, 5.74) is 3.95. The van der Waals surface area contributed by atoms with Gasteiger partial charge in [-0.25, -0.2) is 0 Å². The molecule has 0 aromatic heterocycles. The van der Waals surface area contributed by atoms with Crippen molar-refractivity contribution >= 4 is 0 Å². The first-order valence-electron chi connectivity index (χ1n) is 5.84. The molecule has 0 aliphatic heterocycles. The third kappa shape index (κ3) is 3.54. The van der Waals surface area contributed by atoms with Crippen LogP contribution in [0.1, 0.15) is 56.2 Å². The molecular weight excluding hydrogens is 180 g/mol. The standard InChI is InChI=1S/C15H21/c1-5-7-8-14-9-13(6-2)10-15(11-14)12(3)4/h9-12H,2,5,7-8H2,1,3-4H3. The molecule has 1 radical (unpaired) electrons. The second-order valence-corrected chi connectivity index (χ2v) is 4.40. The van der Waals surface area contributed by atoms with Crippen LogP contribution in [0.4, 0.5) is 0 Å². The van der Waals surface area contributed by atoms with Gasteiger partial charge in [0.2, 0.25) is 0 Å². The Bertz CT molecular complexity index is 321. The Morgan fingerprint density at radius 1 is 1.27 bits per heavy atom. The van der Waals surface area contributed by atoms with Crippen molar-refractivity contribution in [2.45, 2.75) is 46.0 Å². The van der Waals surface area contributed by atoms with E-state index in [9.17, 15) is 0 Å². The van der Waals surface area contributed by atoms with Gasteiger partial charge in [0.25, 0.3) is 0 Å². The van der Waals surface area contributed by atoms with E-state index < -0.39 is 0 Å². The molecule has 0 unspecified atom stereocenters. The van der Waals surface area contributed by atoms with Crippen LogP contribution in [0.15, 0.2) is 24.8 Å². The van der Waals surface area contributed by atoms with Gasteiger partial charge in [0.1, 0.15) is 0 Å². The van der Waals surface area contributed by atoms with E-state index in [1.165, 1.54) is 30.4 Å². The maximum atomic E-state index is 3.73. The molecule has 1 rings (SSSR count). The summed E-state index contributed by atoms with van der Waals surface area (Å²) in [5.74, 6) is 0.582. The van der Waals surface area contributed by atoms with E-state index in [1.807, 2.05) is 0 Å². The maximum absolute atomic E-state index is 3.73. The number of rotatable bonds is 5.